The Bertz CT molecular complexity index is 834. The molecule has 0 atom stereocenters. The summed E-state index contributed by atoms with van der Waals surface area (Å²) in [6.45, 7) is 5.45. The zero-order valence-electron chi connectivity index (χ0n) is 15.6. The lowest BCUT2D eigenvalue weighted by Crippen LogP contribution is -2.20. The molecule has 0 aliphatic carbocycles. The molecular weight excluding hydrogens is 346 g/mol. The van der Waals surface area contributed by atoms with E-state index in [1.54, 1.807) is 18.2 Å². The minimum absolute atomic E-state index is 0.145. The van der Waals surface area contributed by atoms with Crippen LogP contribution < -0.4 is 20.2 Å². The topological polar surface area (TPSA) is 89.0 Å². The number of aryl methyl sites for hydroxylation is 1. The zero-order chi connectivity index (χ0) is 19.6. The van der Waals surface area contributed by atoms with E-state index in [1.165, 1.54) is 13.1 Å². The van der Waals surface area contributed by atoms with Gasteiger partial charge in [0.2, 0.25) is 5.91 Å². The van der Waals surface area contributed by atoms with Crippen LogP contribution in [0.15, 0.2) is 47.6 Å². The van der Waals surface area contributed by atoms with E-state index in [1.807, 2.05) is 38.1 Å². The summed E-state index contributed by atoms with van der Waals surface area (Å²) in [7, 11) is 0. The first-order chi connectivity index (χ1) is 13.0. The Morgan fingerprint density at radius 3 is 2.59 bits per heavy atom. The molecule has 2 amide bonds. The number of hydrogen-bond donors (Lipinski definition) is 2. The van der Waals surface area contributed by atoms with Crippen LogP contribution in [0.1, 0.15) is 25.0 Å². The van der Waals surface area contributed by atoms with Crippen LogP contribution in [0.4, 0.5) is 5.69 Å². The van der Waals surface area contributed by atoms with Crippen molar-refractivity contribution in [2.45, 2.75) is 20.8 Å². The third-order valence-electron chi connectivity index (χ3n) is 3.48. The predicted molar refractivity (Wildman–Crippen MR) is 104 cm³/mol. The van der Waals surface area contributed by atoms with Crippen molar-refractivity contribution in [3.8, 4) is 11.5 Å². The number of ether oxygens (including phenoxy) is 2. The molecule has 0 spiro atoms. The van der Waals surface area contributed by atoms with E-state index < -0.39 is 0 Å². The Hall–Kier alpha value is -3.35. The fourth-order valence-corrected chi connectivity index (χ4v) is 2.23. The van der Waals surface area contributed by atoms with Gasteiger partial charge in [-0.3, -0.25) is 9.59 Å². The number of rotatable bonds is 8. The molecule has 2 N–H and O–H groups in total. The molecule has 7 nitrogen and oxygen atoms in total. The minimum Gasteiger partial charge on any atom is -0.490 e. The molecule has 2 aromatic rings. The molecule has 0 saturated heterocycles. The SMILES string of the molecule is CCOc1cc(/C=N\NC(C)=O)ccc1OCC(=O)Nc1ccccc1C. The smallest absolute Gasteiger partial charge is 0.262 e. The highest BCUT2D eigenvalue weighted by atomic mass is 16.5. The van der Waals surface area contributed by atoms with Gasteiger partial charge in [-0.15, -0.1) is 0 Å². The number of amides is 2. The number of para-hydroxylation sites is 1. The highest BCUT2D eigenvalue weighted by molar-refractivity contribution is 5.92. The maximum Gasteiger partial charge on any atom is 0.262 e. The van der Waals surface area contributed by atoms with E-state index in [4.69, 9.17) is 9.47 Å². The second kappa shape index (κ2) is 9.96. The van der Waals surface area contributed by atoms with Crippen molar-refractivity contribution < 1.29 is 19.1 Å². The molecule has 0 unspecified atom stereocenters. The first-order valence-corrected chi connectivity index (χ1v) is 8.54. The molecule has 7 heteroatoms. The first-order valence-electron chi connectivity index (χ1n) is 8.54. The van der Waals surface area contributed by atoms with Crippen molar-refractivity contribution in [3.63, 3.8) is 0 Å². The second-order valence-electron chi connectivity index (χ2n) is 5.72. The standard InChI is InChI=1S/C20H23N3O4/c1-4-26-19-11-16(12-21-23-15(3)24)9-10-18(19)27-13-20(25)22-17-8-6-5-7-14(17)2/h5-12H,4,13H2,1-3H3,(H,22,25)(H,23,24)/b21-12-. The molecule has 0 fully saturated rings. The van der Waals surface area contributed by atoms with E-state index in [0.717, 1.165) is 16.8 Å². The summed E-state index contributed by atoms with van der Waals surface area (Å²) in [5, 5.41) is 6.63. The van der Waals surface area contributed by atoms with Gasteiger partial charge in [0.05, 0.1) is 12.8 Å². The monoisotopic (exact) mass is 369 g/mol. The van der Waals surface area contributed by atoms with Gasteiger partial charge in [0.1, 0.15) is 0 Å². The second-order valence-corrected chi connectivity index (χ2v) is 5.72. The minimum atomic E-state index is -0.261. The van der Waals surface area contributed by atoms with Crippen LogP contribution in [-0.2, 0) is 9.59 Å². The molecule has 0 aromatic heterocycles. The normalized spacial score (nSPS) is 10.5. The van der Waals surface area contributed by atoms with Gasteiger partial charge in [0.25, 0.3) is 5.91 Å². The molecule has 0 heterocycles. The van der Waals surface area contributed by atoms with Crippen LogP contribution in [0, 0.1) is 6.92 Å². The highest BCUT2D eigenvalue weighted by Gasteiger charge is 2.10. The van der Waals surface area contributed by atoms with Crippen molar-refractivity contribution in [1.82, 2.24) is 5.43 Å². The Kier molecular flexibility index (Phi) is 7.37. The number of nitrogens with one attached hydrogen (secondary N) is 2. The summed E-state index contributed by atoms with van der Waals surface area (Å²) < 4.78 is 11.2. The Labute approximate surface area is 158 Å². The molecule has 0 aliphatic heterocycles. The third-order valence-corrected chi connectivity index (χ3v) is 3.48. The van der Waals surface area contributed by atoms with Gasteiger partial charge in [0.15, 0.2) is 18.1 Å². The van der Waals surface area contributed by atoms with Crippen LogP contribution in [0.5, 0.6) is 11.5 Å². The van der Waals surface area contributed by atoms with Gasteiger partial charge in [0, 0.05) is 12.6 Å². The van der Waals surface area contributed by atoms with Crippen molar-refractivity contribution in [3.05, 3.63) is 53.6 Å². The number of nitrogens with zero attached hydrogens (tertiary/aromatic N) is 1. The van der Waals surface area contributed by atoms with E-state index in [9.17, 15) is 9.59 Å². The summed E-state index contributed by atoms with van der Waals surface area (Å²) in [4.78, 5) is 23.0. The van der Waals surface area contributed by atoms with E-state index in [2.05, 4.69) is 15.8 Å². The lowest BCUT2D eigenvalue weighted by Gasteiger charge is -2.13. The Balaban J connectivity index is 2.02. The predicted octanol–water partition coefficient (Wildman–Crippen LogP) is 2.88. The Morgan fingerprint density at radius 2 is 1.89 bits per heavy atom. The number of carbonyl (C=O) groups is 2. The molecule has 0 saturated carbocycles. The molecule has 27 heavy (non-hydrogen) atoms. The van der Waals surface area contributed by atoms with E-state index >= 15 is 0 Å². The number of anilines is 1. The van der Waals surface area contributed by atoms with Crippen molar-refractivity contribution >= 4 is 23.7 Å². The van der Waals surface area contributed by atoms with Gasteiger partial charge >= 0.3 is 0 Å². The van der Waals surface area contributed by atoms with Crippen LogP contribution in [0.3, 0.4) is 0 Å². The molecular formula is C20H23N3O4. The van der Waals surface area contributed by atoms with E-state index in [-0.39, 0.29) is 18.4 Å². The molecule has 2 rings (SSSR count). The molecule has 2 aromatic carbocycles. The summed E-state index contributed by atoms with van der Waals surface area (Å²) >= 11 is 0. The fourth-order valence-electron chi connectivity index (χ4n) is 2.23. The summed E-state index contributed by atoms with van der Waals surface area (Å²) in [6.07, 6.45) is 1.50. The van der Waals surface area contributed by atoms with Gasteiger partial charge in [-0.1, -0.05) is 18.2 Å². The van der Waals surface area contributed by atoms with E-state index in [0.29, 0.717) is 18.1 Å². The zero-order valence-corrected chi connectivity index (χ0v) is 15.6. The lowest BCUT2D eigenvalue weighted by molar-refractivity contribution is -0.119. The fraction of sp³-hybridized carbons (Fsp3) is 0.250. The number of benzene rings is 2. The summed E-state index contributed by atoms with van der Waals surface area (Å²) in [6, 6.07) is 12.7. The summed E-state index contributed by atoms with van der Waals surface area (Å²) in [5.74, 6) is 0.431. The molecule has 142 valence electrons. The average Bonchev–Trinajstić information content (AvgIpc) is 2.63. The van der Waals surface area contributed by atoms with Crippen LogP contribution in [0.2, 0.25) is 0 Å². The molecule has 0 aliphatic rings. The number of carbonyl (C=O) groups excluding carboxylic acids is 2. The maximum atomic E-state index is 12.1. The quantitative estimate of drug-likeness (QED) is 0.553. The highest BCUT2D eigenvalue weighted by Crippen LogP contribution is 2.28. The third kappa shape index (κ3) is 6.47. The van der Waals surface area contributed by atoms with Gasteiger partial charge in [-0.25, -0.2) is 5.43 Å². The molecule has 0 bridgehead atoms. The largest absolute Gasteiger partial charge is 0.490 e. The number of hydrazone groups is 1. The van der Waals surface area contributed by atoms with Crippen molar-refractivity contribution in [2.24, 2.45) is 5.10 Å². The van der Waals surface area contributed by atoms with Crippen molar-refractivity contribution in [1.29, 1.82) is 0 Å². The first kappa shape index (κ1) is 20.0. The maximum absolute atomic E-state index is 12.1. The van der Waals surface area contributed by atoms with Crippen LogP contribution in [0.25, 0.3) is 0 Å². The lowest BCUT2D eigenvalue weighted by atomic mass is 10.2. The number of hydrogen-bond acceptors (Lipinski definition) is 5. The van der Waals surface area contributed by atoms with Gasteiger partial charge in [-0.05, 0) is 49.2 Å². The van der Waals surface area contributed by atoms with Gasteiger partial charge < -0.3 is 14.8 Å². The summed E-state index contributed by atoms with van der Waals surface area (Å²) in [5.41, 5.74) is 4.79. The van der Waals surface area contributed by atoms with Crippen LogP contribution >= 0.6 is 0 Å². The van der Waals surface area contributed by atoms with Gasteiger partial charge in [-0.2, -0.15) is 5.10 Å². The molecule has 0 radical (unpaired) electrons. The average molecular weight is 369 g/mol. The van der Waals surface area contributed by atoms with Crippen LogP contribution in [-0.4, -0.2) is 31.2 Å². The Morgan fingerprint density at radius 1 is 1.11 bits per heavy atom. The van der Waals surface area contributed by atoms with Crippen molar-refractivity contribution in [2.75, 3.05) is 18.5 Å².